The van der Waals surface area contributed by atoms with Crippen LogP contribution in [-0.2, 0) is 32.7 Å². The lowest BCUT2D eigenvalue weighted by atomic mass is 10.0. The number of ether oxygens (including phenoxy) is 2. The summed E-state index contributed by atoms with van der Waals surface area (Å²) < 4.78 is 34.2. The van der Waals surface area contributed by atoms with Gasteiger partial charge < -0.3 is 27.9 Å². The summed E-state index contributed by atoms with van der Waals surface area (Å²) in [6, 6.07) is 0. The van der Waals surface area contributed by atoms with Crippen molar-refractivity contribution in [3.63, 3.8) is 0 Å². The van der Waals surface area contributed by atoms with Crippen LogP contribution in [0.4, 0.5) is 0 Å². The Morgan fingerprint density at radius 1 is 0.381 bits per heavy atom. The molecule has 2 unspecified atom stereocenters. The quantitative estimate of drug-likeness (QED) is 0.0195. The van der Waals surface area contributed by atoms with Gasteiger partial charge in [-0.2, -0.15) is 0 Å². The summed E-state index contributed by atoms with van der Waals surface area (Å²) in [5.74, 6) is -0.841. The van der Waals surface area contributed by atoms with E-state index in [0.717, 1.165) is 96.3 Å². The van der Waals surface area contributed by atoms with E-state index < -0.39 is 32.5 Å². The maximum atomic E-state index is 12.8. The lowest BCUT2D eigenvalue weighted by Crippen LogP contribution is -2.37. The van der Waals surface area contributed by atoms with Gasteiger partial charge in [0.05, 0.1) is 27.7 Å². The number of phosphoric acid groups is 1. The largest absolute Gasteiger partial charge is 0.756 e. The van der Waals surface area contributed by atoms with Crippen LogP contribution in [0.2, 0.25) is 0 Å². The maximum Gasteiger partial charge on any atom is 0.306 e. The number of esters is 2. The summed E-state index contributed by atoms with van der Waals surface area (Å²) in [4.78, 5) is 38.0. The minimum absolute atomic E-state index is 0.0353. The van der Waals surface area contributed by atoms with Gasteiger partial charge in [0, 0.05) is 12.8 Å². The average molecular weight is 1190 g/mol. The molecule has 0 aromatic heterocycles. The highest BCUT2D eigenvalue weighted by molar-refractivity contribution is 7.45. The van der Waals surface area contributed by atoms with Crippen LogP contribution in [0.3, 0.4) is 0 Å². The molecule has 0 aliphatic rings. The molecule has 0 aromatic carbocycles. The van der Waals surface area contributed by atoms with Crippen LogP contribution in [0.1, 0.15) is 296 Å². The van der Waals surface area contributed by atoms with Crippen LogP contribution >= 0.6 is 7.82 Å². The molecule has 0 fully saturated rings. The molecule has 0 spiro atoms. The molecular formula is C74H130NO8P. The van der Waals surface area contributed by atoms with Crippen LogP contribution in [0.15, 0.2) is 109 Å². The molecule has 0 N–H and O–H groups in total. The van der Waals surface area contributed by atoms with E-state index in [2.05, 4.69) is 123 Å². The Bertz CT molecular complexity index is 1790. The van der Waals surface area contributed by atoms with Crippen LogP contribution < -0.4 is 4.89 Å². The summed E-state index contributed by atoms with van der Waals surface area (Å²) in [7, 11) is 1.16. The van der Waals surface area contributed by atoms with Crippen molar-refractivity contribution < 1.29 is 42.1 Å². The molecule has 2 atom stereocenters. The smallest absolute Gasteiger partial charge is 0.306 e. The Morgan fingerprint density at radius 2 is 0.679 bits per heavy atom. The van der Waals surface area contributed by atoms with E-state index in [1.165, 1.54) is 161 Å². The second-order valence-corrected chi connectivity index (χ2v) is 25.6. The normalized spacial score (nSPS) is 13.8. The molecule has 0 bridgehead atoms. The predicted molar refractivity (Wildman–Crippen MR) is 360 cm³/mol. The number of quaternary nitrogens is 1. The molecule has 0 saturated carbocycles. The van der Waals surface area contributed by atoms with E-state index in [0.29, 0.717) is 23.9 Å². The van der Waals surface area contributed by atoms with Crippen molar-refractivity contribution in [3.05, 3.63) is 109 Å². The van der Waals surface area contributed by atoms with E-state index in [9.17, 15) is 19.0 Å². The highest BCUT2D eigenvalue weighted by Gasteiger charge is 2.22. The van der Waals surface area contributed by atoms with Gasteiger partial charge in [0.25, 0.3) is 7.82 Å². The lowest BCUT2D eigenvalue weighted by molar-refractivity contribution is -0.870. The summed E-state index contributed by atoms with van der Waals surface area (Å²) in [5.41, 5.74) is 0. The molecule has 10 heteroatoms. The van der Waals surface area contributed by atoms with E-state index in [-0.39, 0.29) is 26.1 Å². The Kier molecular flexibility index (Phi) is 61.6. The van der Waals surface area contributed by atoms with Crippen LogP contribution in [0.25, 0.3) is 0 Å². The molecule has 484 valence electrons. The first-order valence-corrected chi connectivity index (χ1v) is 36.1. The third-order valence-electron chi connectivity index (χ3n) is 14.8. The Labute approximate surface area is 518 Å². The zero-order valence-corrected chi connectivity index (χ0v) is 56.0. The first kappa shape index (κ1) is 80.7. The fraction of sp³-hybridized carbons (Fsp3) is 0.730. The van der Waals surface area contributed by atoms with Crippen molar-refractivity contribution in [2.24, 2.45) is 0 Å². The van der Waals surface area contributed by atoms with Crippen molar-refractivity contribution in [2.75, 3.05) is 47.5 Å². The average Bonchev–Trinajstić information content (AvgIpc) is 3.61. The van der Waals surface area contributed by atoms with Crippen molar-refractivity contribution in [3.8, 4) is 0 Å². The number of hydrogen-bond acceptors (Lipinski definition) is 8. The third kappa shape index (κ3) is 67.8. The molecule has 0 saturated heterocycles. The zero-order valence-electron chi connectivity index (χ0n) is 55.1. The predicted octanol–water partition coefficient (Wildman–Crippen LogP) is 21.9. The molecule has 0 radical (unpaired) electrons. The topological polar surface area (TPSA) is 111 Å². The molecular weight excluding hydrogens is 1060 g/mol. The van der Waals surface area contributed by atoms with Gasteiger partial charge in [-0.05, 0) is 103 Å². The summed E-state index contributed by atoms with van der Waals surface area (Å²) in [5, 5.41) is 0. The first-order chi connectivity index (χ1) is 41.0. The van der Waals surface area contributed by atoms with Gasteiger partial charge in [-0.1, -0.05) is 290 Å². The highest BCUT2D eigenvalue weighted by Crippen LogP contribution is 2.38. The number of carbonyl (C=O) groups is 2. The second kappa shape index (κ2) is 64.2. The summed E-state index contributed by atoms with van der Waals surface area (Å²) in [6.45, 7) is 4.10. The molecule has 0 heterocycles. The minimum Gasteiger partial charge on any atom is -0.756 e. The fourth-order valence-electron chi connectivity index (χ4n) is 9.49. The monoisotopic (exact) mass is 1190 g/mol. The molecule has 9 nitrogen and oxygen atoms in total. The standard InChI is InChI=1S/C74H130NO8P/c1-6-8-10-12-14-16-18-20-22-24-26-27-28-29-30-31-32-33-34-35-36-37-38-39-40-41-42-43-44-45-46-47-49-51-53-55-57-59-61-63-65-67-74(77)83-72(71-82-84(78,79)81-69-68-75(3,4)5)70-80-73(76)66-64-62-60-58-56-54-52-50-48-25-23-21-19-17-15-13-11-9-7-2/h8,10,14-17,20-23,26-27,29-30,32-33,48,50,72H,6-7,9,11-13,18-19,24-25,28,31,34-47,49,51-71H2,1-5H3/b10-8-,16-14-,17-15-,22-20-,23-21-,27-26-,30-29-,33-32-,50-48-. The second-order valence-electron chi connectivity index (χ2n) is 24.2. The SMILES string of the molecule is CC/C=C\C/C=C\C/C=C\C/C=C\C/C=C\C/C=C\CCCCCCCCCCCCCCCCCCCCCCCCC(=O)OC(COC(=O)CCCCCCCC/C=C\C/C=C\C/C=C\CCCCC)COP(=O)([O-])OCC[N+](C)(C)C. The molecule has 0 aliphatic heterocycles. The van der Waals surface area contributed by atoms with Crippen molar-refractivity contribution in [2.45, 2.75) is 302 Å². The van der Waals surface area contributed by atoms with Crippen molar-refractivity contribution >= 4 is 19.8 Å². The Balaban J connectivity index is 3.96. The lowest BCUT2D eigenvalue weighted by Gasteiger charge is -2.28. The number of carbonyl (C=O) groups excluding carboxylic acids is 2. The number of likely N-dealkylation sites (N-methyl/N-ethyl adjacent to an activating group) is 1. The third-order valence-corrected chi connectivity index (χ3v) is 15.7. The van der Waals surface area contributed by atoms with Gasteiger partial charge in [0.15, 0.2) is 6.10 Å². The van der Waals surface area contributed by atoms with E-state index in [1.54, 1.807) is 0 Å². The molecule has 84 heavy (non-hydrogen) atoms. The van der Waals surface area contributed by atoms with Crippen molar-refractivity contribution in [1.29, 1.82) is 0 Å². The van der Waals surface area contributed by atoms with Gasteiger partial charge in [-0.25, -0.2) is 0 Å². The number of allylic oxidation sites excluding steroid dienone is 18. The zero-order chi connectivity index (χ0) is 61.2. The first-order valence-electron chi connectivity index (χ1n) is 34.6. The number of phosphoric ester groups is 1. The number of hydrogen-bond donors (Lipinski definition) is 0. The molecule has 0 rings (SSSR count). The van der Waals surface area contributed by atoms with Gasteiger partial charge in [-0.3, -0.25) is 14.2 Å². The summed E-state index contributed by atoms with van der Waals surface area (Å²) in [6.07, 6.45) is 90.3. The van der Waals surface area contributed by atoms with Crippen LogP contribution in [0.5, 0.6) is 0 Å². The van der Waals surface area contributed by atoms with Gasteiger partial charge in [-0.15, -0.1) is 0 Å². The van der Waals surface area contributed by atoms with E-state index in [4.69, 9.17) is 18.5 Å². The molecule has 0 aromatic rings. The van der Waals surface area contributed by atoms with E-state index >= 15 is 0 Å². The van der Waals surface area contributed by atoms with E-state index in [1.807, 2.05) is 21.1 Å². The van der Waals surface area contributed by atoms with Gasteiger partial charge >= 0.3 is 11.9 Å². The number of nitrogens with zero attached hydrogens (tertiary/aromatic N) is 1. The van der Waals surface area contributed by atoms with Crippen molar-refractivity contribution in [1.82, 2.24) is 0 Å². The van der Waals surface area contributed by atoms with Gasteiger partial charge in [0.2, 0.25) is 0 Å². The maximum absolute atomic E-state index is 12.8. The Morgan fingerprint density at radius 3 is 1.01 bits per heavy atom. The van der Waals surface area contributed by atoms with Crippen LogP contribution in [0, 0.1) is 0 Å². The molecule has 0 aliphatic carbocycles. The van der Waals surface area contributed by atoms with Crippen LogP contribution in [-0.4, -0.2) is 70.0 Å². The minimum atomic E-state index is -4.65. The molecule has 0 amide bonds. The summed E-state index contributed by atoms with van der Waals surface area (Å²) >= 11 is 0. The highest BCUT2D eigenvalue weighted by atomic mass is 31.2. The number of rotatable bonds is 63. The Hall–Kier alpha value is -3.33. The number of unbranched alkanes of at least 4 members (excludes halogenated alkanes) is 31. The van der Waals surface area contributed by atoms with Gasteiger partial charge in [0.1, 0.15) is 19.8 Å². The fourth-order valence-corrected chi connectivity index (χ4v) is 10.2.